The van der Waals surface area contributed by atoms with E-state index in [1.807, 2.05) is 18.2 Å². The van der Waals surface area contributed by atoms with Gasteiger partial charge >= 0.3 is 0 Å². The Hall–Kier alpha value is -1.35. The molecule has 3 nitrogen and oxygen atoms in total. The van der Waals surface area contributed by atoms with E-state index >= 15 is 0 Å². The third-order valence-electron chi connectivity index (χ3n) is 5.18. The molecule has 2 aromatic rings. The lowest BCUT2D eigenvalue weighted by Gasteiger charge is -2.41. The third kappa shape index (κ3) is 2.71. The van der Waals surface area contributed by atoms with Crippen molar-refractivity contribution in [2.24, 2.45) is 5.41 Å². The second-order valence-electron chi connectivity index (χ2n) is 6.03. The number of piperidine rings is 1. The van der Waals surface area contributed by atoms with Crippen LogP contribution < -0.4 is 4.90 Å². The predicted octanol–water partition coefficient (Wildman–Crippen LogP) is 4.69. The first-order valence-electron chi connectivity index (χ1n) is 7.85. The molecule has 1 aliphatic heterocycles. The third-order valence-corrected chi connectivity index (χ3v) is 5.35. The van der Waals surface area contributed by atoms with Gasteiger partial charge in [-0.3, -0.25) is 0 Å². The minimum absolute atomic E-state index is 0.339. The van der Waals surface area contributed by atoms with Crippen molar-refractivity contribution in [1.29, 1.82) is 0 Å². The fraction of sp³-hybridized carbons (Fsp3) is 0.529. The fourth-order valence-corrected chi connectivity index (χ4v) is 3.59. The molecule has 0 saturated carbocycles. The van der Waals surface area contributed by atoms with Crippen LogP contribution in [0.15, 0.2) is 24.3 Å². The van der Waals surface area contributed by atoms with Crippen molar-refractivity contribution in [2.75, 3.05) is 18.0 Å². The van der Waals surface area contributed by atoms with Gasteiger partial charge in [0.25, 0.3) is 0 Å². The van der Waals surface area contributed by atoms with Crippen LogP contribution in [0.3, 0.4) is 0 Å². The van der Waals surface area contributed by atoms with Crippen LogP contribution in [0.1, 0.15) is 39.5 Å². The van der Waals surface area contributed by atoms with E-state index in [0.717, 1.165) is 29.8 Å². The molecule has 4 heteroatoms. The molecule has 112 valence electrons. The van der Waals surface area contributed by atoms with E-state index in [4.69, 9.17) is 11.6 Å². The lowest BCUT2D eigenvalue weighted by molar-refractivity contribution is 0.199. The van der Waals surface area contributed by atoms with Crippen LogP contribution in [0.25, 0.3) is 10.9 Å². The number of anilines is 1. The molecule has 0 spiro atoms. The SMILES string of the molecule is CCC1(CC)CCN(c2nc(Cl)nc3ccccc23)CC1. The van der Waals surface area contributed by atoms with Crippen LogP contribution >= 0.6 is 11.6 Å². The summed E-state index contributed by atoms with van der Waals surface area (Å²) in [5.41, 5.74) is 1.44. The molecular weight excluding hydrogens is 282 g/mol. The Morgan fingerprint density at radius 3 is 2.43 bits per heavy atom. The Morgan fingerprint density at radius 1 is 1.10 bits per heavy atom. The van der Waals surface area contributed by atoms with E-state index in [0.29, 0.717) is 10.7 Å². The maximum absolute atomic E-state index is 6.10. The van der Waals surface area contributed by atoms with Gasteiger partial charge in [0.1, 0.15) is 5.82 Å². The summed E-state index contributed by atoms with van der Waals surface area (Å²) in [5.74, 6) is 0.992. The highest BCUT2D eigenvalue weighted by Gasteiger charge is 2.32. The second kappa shape index (κ2) is 5.80. The average Bonchev–Trinajstić information content (AvgIpc) is 2.54. The van der Waals surface area contributed by atoms with E-state index in [2.05, 4.69) is 34.8 Å². The van der Waals surface area contributed by atoms with Gasteiger partial charge in [-0.15, -0.1) is 0 Å². The van der Waals surface area contributed by atoms with E-state index in [1.165, 1.54) is 25.7 Å². The molecule has 0 amide bonds. The van der Waals surface area contributed by atoms with E-state index in [1.54, 1.807) is 0 Å². The Labute approximate surface area is 131 Å². The number of para-hydroxylation sites is 1. The predicted molar refractivity (Wildman–Crippen MR) is 89.0 cm³/mol. The minimum Gasteiger partial charge on any atom is -0.356 e. The highest BCUT2D eigenvalue weighted by atomic mass is 35.5. The summed E-state index contributed by atoms with van der Waals surface area (Å²) >= 11 is 6.10. The van der Waals surface area contributed by atoms with Crippen molar-refractivity contribution < 1.29 is 0 Å². The molecule has 2 heterocycles. The molecule has 21 heavy (non-hydrogen) atoms. The first-order chi connectivity index (χ1) is 10.2. The smallest absolute Gasteiger partial charge is 0.224 e. The largest absolute Gasteiger partial charge is 0.356 e. The monoisotopic (exact) mass is 303 g/mol. The van der Waals surface area contributed by atoms with Gasteiger partial charge in [0.2, 0.25) is 5.28 Å². The fourth-order valence-electron chi connectivity index (χ4n) is 3.42. The van der Waals surface area contributed by atoms with Crippen LogP contribution in [-0.2, 0) is 0 Å². The number of benzene rings is 1. The summed E-state index contributed by atoms with van der Waals surface area (Å²) in [5, 5.41) is 1.44. The standard InChI is InChI=1S/C17H22ClN3/c1-3-17(4-2)9-11-21(12-10-17)15-13-7-5-6-8-14(13)19-16(18)20-15/h5-8H,3-4,9-12H2,1-2H3. The van der Waals surface area contributed by atoms with Crippen molar-refractivity contribution in [3.05, 3.63) is 29.5 Å². The highest BCUT2D eigenvalue weighted by Crippen LogP contribution is 2.39. The maximum atomic E-state index is 6.10. The number of halogens is 1. The molecular formula is C17H22ClN3. The van der Waals surface area contributed by atoms with Crippen molar-refractivity contribution in [3.8, 4) is 0 Å². The quantitative estimate of drug-likeness (QED) is 0.770. The minimum atomic E-state index is 0.339. The lowest BCUT2D eigenvalue weighted by Crippen LogP contribution is -2.40. The number of rotatable bonds is 3. The molecule has 0 unspecified atom stereocenters. The number of aromatic nitrogens is 2. The summed E-state index contributed by atoms with van der Waals surface area (Å²) in [4.78, 5) is 11.2. The molecule has 1 aromatic carbocycles. The molecule has 1 aromatic heterocycles. The summed E-state index contributed by atoms with van der Waals surface area (Å²) in [7, 11) is 0. The van der Waals surface area contributed by atoms with Crippen LogP contribution in [-0.4, -0.2) is 23.1 Å². The van der Waals surface area contributed by atoms with Gasteiger partial charge in [-0.1, -0.05) is 38.8 Å². The Balaban J connectivity index is 1.92. The van der Waals surface area contributed by atoms with Gasteiger partial charge < -0.3 is 4.90 Å². The summed E-state index contributed by atoms with van der Waals surface area (Å²) < 4.78 is 0. The van der Waals surface area contributed by atoms with E-state index < -0.39 is 0 Å². The normalized spacial score (nSPS) is 18.1. The van der Waals surface area contributed by atoms with Crippen LogP contribution in [0.5, 0.6) is 0 Å². The number of nitrogens with zero attached hydrogens (tertiary/aromatic N) is 3. The van der Waals surface area contributed by atoms with Crippen LogP contribution in [0.2, 0.25) is 5.28 Å². The lowest BCUT2D eigenvalue weighted by atomic mass is 9.74. The molecule has 0 radical (unpaired) electrons. The first kappa shape index (κ1) is 14.6. The van der Waals surface area contributed by atoms with Crippen molar-refractivity contribution >= 4 is 28.3 Å². The van der Waals surface area contributed by atoms with Gasteiger partial charge in [0, 0.05) is 18.5 Å². The summed E-state index contributed by atoms with van der Waals surface area (Å²) in [6, 6.07) is 8.11. The van der Waals surface area contributed by atoms with E-state index in [-0.39, 0.29) is 0 Å². The topological polar surface area (TPSA) is 29.0 Å². The van der Waals surface area contributed by atoms with Gasteiger partial charge in [0.05, 0.1) is 5.52 Å². The summed E-state index contributed by atoms with van der Waals surface area (Å²) in [6.07, 6.45) is 5.00. The zero-order valence-corrected chi connectivity index (χ0v) is 13.5. The van der Waals surface area contributed by atoms with Crippen molar-refractivity contribution in [1.82, 2.24) is 9.97 Å². The molecule has 1 aliphatic rings. The Kier molecular flexibility index (Phi) is 4.03. The zero-order valence-electron chi connectivity index (χ0n) is 12.8. The average molecular weight is 304 g/mol. The number of hydrogen-bond donors (Lipinski definition) is 0. The molecule has 0 aliphatic carbocycles. The zero-order chi connectivity index (χ0) is 14.9. The molecule has 0 bridgehead atoms. The Bertz CT molecular complexity index is 627. The first-order valence-corrected chi connectivity index (χ1v) is 8.22. The highest BCUT2D eigenvalue weighted by molar-refractivity contribution is 6.28. The Morgan fingerprint density at radius 2 is 1.76 bits per heavy atom. The summed E-state index contributed by atoms with van der Waals surface area (Å²) in [6.45, 7) is 6.74. The second-order valence-corrected chi connectivity index (χ2v) is 6.37. The van der Waals surface area contributed by atoms with Gasteiger partial charge in [-0.05, 0) is 42.0 Å². The number of fused-ring (bicyclic) bond motifs is 1. The van der Waals surface area contributed by atoms with Gasteiger partial charge in [-0.25, -0.2) is 4.98 Å². The maximum Gasteiger partial charge on any atom is 0.224 e. The molecule has 3 rings (SSSR count). The van der Waals surface area contributed by atoms with Crippen LogP contribution in [0.4, 0.5) is 5.82 Å². The number of hydrogen-bond acceptors (Lipinski definition) is 3. The van der Waals surface area contributed by atoms with E-state index in [9.17, 15) is 0 Å². The molecule has 1 saturated heterocycles. The van der Waals surface area contributed by atoms with Gasteiger partial charge in [-0.2, -0.15) is 4.98 Å². The van der Waals surface area contributed by atoms with Crippen LogP contribution in [0, 0.1) is 5.41 Å². The van der Waals surface area contributed by atoms with Crippen molar-refractivity contribution in [2.45, 2.75) is 39.5 Å². The molecule has 1 fully saturated rings. The van der Waals surface area contributed by atoms with Gasteiger partial charge in [0.15, 0.2) is 0 Å². The molecule has 0 N–H and O–H groups in total. The van der Waals surface area contributed by atoms with Crippen molar-refractivity contribution in [3.63, 3.8) is 0 Å². The molecule has 0 atom stereocenters.